The Morgan fingerprint density at radius 3 is 1.73 bits per heavy atom. The molecule has 5 atom stereocenters. The van der Waals surface area contributed by atoms with Gasteiger partial charge in [-0.3, -0.25) is 4.79 Å². The second-order valence-corrected chi connectivity index (χ2v) is 10.2. The maximum Gasteiger partial charge on any atom is 0.217 e. The molecule has 3 unspecified atom stereocenters. The molecule has 0 aromatic heterocycles. The van der Waals surface area contributed by atoms with E-state index in [1.54, 1.807) is 6.92 Å². The van der Waals surface area contributed by atoms with Crippen molar-refractivity contribution in [2.24, 2.45) is 0 Å². The van der Waals surface area contributed by atoms with Crippen LogP contribution in [0.15, 0.2) is 91.0 Å². The number of ether oxygens (including phenoxy) is 3. The van der Waals surface area contributed by atoms with Crippen molar-refractivity contribution in [2.45, 2.75) is 57.1 Å². The van der Waals surface area contributed by atoms with Crippen LogP contribution in [0, 0.1) is 0 Å². The van der Waals surface area contributed by atoms with Gasteiger partial charge < -0.3 is 24.8 Å². The fraction of sp³-hybridized carbons (Fsp3) is 0.367. The Labute approximate surface area is 233 Å². The highest BCUT2D eigenvalue weighted by Gasteiger charge is 2.46. The van der Waals surface area contributed by atoms with Gasteiger partial charge in [-0.05, 0) is 16.7 Å². The number of hydrogen-bond donors (Lipinski definition) is 2. The van der Waals surface area contributed by atoms with Crippen LogP contribution in [0.25, 0.3) is 0 Å². The molecule has 1 heterocycles. The Kier molecular flexibility index (Phi) is 10.9. The van der Waals surface area contributed by atoms with E-state index in [0.29, 0.717) is 26.4 Å². The summed E-state index contributed by atoms with van der Waals surface area (Å²) < 4.78 is 20.1. The first-order valence-corrected chi connectivity index (χ1v) is 14.2. The second-order valence-electron chi connectivity index (χ2n) is 9.28. The third kappa shape index (κ3) is 8.35. The van der Waals surface area contributed by atoms with E-state index in [9.17, 15) is 4.79 Å². The van der Waals surface area contributed by atoms with Crippen LogP contribution in [-0.4, -0.2) is 47.3 Å². The first-order chi connectivity index (χ1) is 18.1. The molecule has 196 valence electrons. The van der Waals surface area contributed by atoms with Crippen LogP contribution < -0.4 is 10.6 Å². The van der Waals surface area contributed by atoms with Gasteiger partial charge >= 0.3 is 0 Å². The normalized spacial score (nSPS) is 23.5. The molecule has 0 radical (unpaired) electrons. The van der Waals surface area contributed by atoms with Crippen LogP contribution in [0.3, 0.4) is 0 Å². The van der Waals surface area contributed by atoms with Gasteiger partial charge in [0.05, 0.1) is 38.5 Å². The molecule has 0 aliphatic carbocycles. The minimum absolute atomic E-state index is 0.00664. The lowest BCUT2D eigenvalue weighted by Gasteiger charge is -2.47. The van der Waals surface area contributed by atoms with Crippen molar-refractivity contribution in [2.75, 3.05) is 11.0 Å². The highest BCUT2D eigenvalue weighted by atomic mass is 127. The number of benzene rings is 3. The monoisotopic (exact) mass is 614 g/mol. The van der Waals surface area contributed by atoms with E-state index in [4.69, 9.17) is 14.2 Å². The minimum Gasteiger partial charge on any atom is -0.375 e. The van der Waals surface area contributed by atoms with Crippen LogP contribution in [0.1, 0.15) is 23.6 Å². The molecule has 1 fully saturated rings. The number of rotatable bonds is 12. The lowest BCUT2D eigenvalue weighted by atomic mass is 9.88. The molecule has 0 bridgehead atoms. The van der Waals surface area contributed by atoms with E-state index in [-0.39, 0.29) is 36.2 Å². The van der Waals surface area contributed by atoms with Crippen LogP contribution in [0.5, 0.6) is 0 Å². The van der Waals surface area contributed by atoms with E-state index in [2.05, 4.69) is 57.5 Å². The molecule has 1 aliphatic heterocycles. The molecule has 1 aliphatic rings. The SMILES string of the molecule is CC(=O)NC1C(OCc2ccccc2)[C@H](OCc2ccccc2)C(COCc2ccccc2)N[C@@H]1CI. The molecule has 6 nitrogen and oxygen atoms in total. The summed E-state index contributed by atoms with van der Waals surface area (Å²) in [5.74, 6) is -0.0875. The molecular weight excluding hydrogens is 579 g/mol. The molecule has 4 rings (SSSR count). The van der Waals surface area contributed by atoms with E-state index in [1.165, 1.54) is 0 Å². The quantitative estimate of drug-likeness (QED) is 0.230. The predicted octanol–water partition coefficient (Wildman–Crippen LogP) is 4.65. The van der Waals surface area contributed by atoms with E-state index < -0.39 is 0 Å². The number of halogens is 1. The first-order valence-electron chi connectivity index (χ1n) is 12.7. The molecule has 0 saturated carbocycles. The predicted molar refractivity (Wildman–Crippen MR) is 153 cm³/mol. The maximum atomic E-state index is 12.2. The molecule has 1 saturated heterocycles. The standard InChI is InChI=1S/C30H35IN2O4/c1-22(34)32-28-26(17-31)33-27(21-35-18-23-11-5-2-6-12-23)29(36-19-24-13-7-3-8-14-24)30(28)37-20-25-15-9-4-10-16-25/h2-16,26-30,33H,17-21H2,1H3,(H,32,34)/t26-,27?,28?,29-,30?/m1/s1. The summed E-state index contributed by atoms with van der Waals surface area (Å²) in [4.78, 5) is 12.2. The van der Waals surface area contributed by atoms with Crippen molar-refractivity contribution in [3.8, 4) is 0 Å². The van der Waals surface area contributed by atoms with Gasteiger partial charge in [-0.2, -0.15) is 0 Å². The van der Waals surface area contributed by atoms with Gasteiger partial charge in [0.15, 0.2) is 0 Å². The van der Waals surface area contributed by atoms with E-state index in [0.717, 1.165) is 21.1 Å². The van der Waals surface area contributed by atoms with Crippen LogP contribution in [-0.2, 0) is 38.8 Å². The van der Waals surface area contributed by atoms with Crippen molar-refractivity contribution in [3.05, 3.63) is 108 Å². The molecular formula is C30H35IN2O4. The average Bonchev–Trinajstić information content (AvgIpc) is 2.93. The summed E-state index contributed by atoms with van der Waals surface area (Å²) in [5, 5.41) is 6.85. The van der Waals surface area contributed by atoms with E-state index in [1.807, 2.05) is 66.7 Å². The van der Waals surface area contributed by atoms with Crippen LogP contribution >= 0.6 is 22.6 Å². The first kappa shape index (κ1) is 27.7. The largest absolute Gasteiger partial charge is 0.375 e. The number of alkyl halides is 1. The van der Waals surface area contributed by atoms with Gasteiger partial charge in [-0.1, -0.05) is 114 Å². The summed E-state index contributed by atoms with van der Waals surface area (Å²) in [6, 6.07) is 30.0. The smallest absolute Gasteiger partial charge is 0.217 e. The van der Waals surface area contributed by atoms with Gasteiger partial charge in [-0.15, -0.1) is 0 Å². The Hall–Kier alpha value is -2.30. The third-order valence-corrected chi connectivity index (χ3v) is 7.40. The number of carbonyl (C=O) groups is 1. The van der Waals surface area contributed by atoms with Crippen molar-refractivity contribution >= 4 is 28.5 Å². The van der Waals surface area contributed by atoms with Crippen LogP contribution in [0.4, 0.5) is 0 Å². The van der Waals surface area contributed by atoms with Crippen molar-refractivity contribution in [1.82, 2.24) is 10.6 Å². The van der Waals surface area contributed by atoms with Gasteiger partial charge in [-0.25, -0.2) is 0 Å². The zero-order chi connectivity index (χ0) is 25.9. The van der Waals surface area contributed by atoms with Crippen LogP contribution in [0.2, 0.25) is 0 Å². The molecule has 0 spiro atoms. The van der Waals surface area contributed by atoms with Gasteiger partial charge in [0.2, 0.25) is 5.91 Å². The molecule has 37 heavy (non-hydrogen) atoms. The van der Waals surface area contributed by atoms with Gasteiger partial charge in [0.1, 0.15) is 12.2 Å². The summed E-state index contributed by atoms with van der Waals surface area (Å²) in [6.07, 6.45) is -0.699. The number of hydrogen-bond acceptors (Lipinski definition) is 5. The summed E-state index contributed by atoms with van der Waals surface area (Å²) in [7, 11) is 0. The average molecular weight is 615 g/mol. The summed E-state index contributed by atoms with van der Waals surface area (Å²) in [5.41, 5.74) is 3.28. The number of carbonyl (C=O) groups excluding carboxylic acids is 1. The molecule has 3 aromatic rings. The Morgan fingerprint density at radius 1 is 0.757 bits per heavy atom. The lowest BCUT2D eigenvalue weighted by molar-refractivity contribution is -0.148. The molecule has 1 amide bonds. The molecule has 2 N–H and O–H groups in total. The maximum absolute atomic E-state index is 12.2. The number of piperidine rings is 1. The highest BCUT2D eigenvalue weighted by Crippen LogP contribution is 2.26. The third-order valence-electron chi connectivity index (χ3n) is 6.45. The van der Waals surface area contributed by atoms with Crippen molar-refractivity contribution in [3.63, 3.8) is 0 Å². The number of nitrogens with one attached hydrogen (secondary N) is 2. The Bertz CT molecular complexity index is 1070. The lowest BCUT2D eigenvalue weighted by Crippen LogP contribution is -2.71. The minimum atomic E-state index is -0.362. The molecule has 3 aromatic carbocycles. The van der Waals surface area contributed by atoms with Gasteiger partial charge in [0, 0.05) is 17.4 Å². The fourth-order valence-electron chi connectivity index (χ4n) is 4.66. The Balaban J connectivity index is 1.56. The van der Waals surface area contributed by atoms with Gasteiger partial charge in [0.25, 0.3) is 0 Å². The topological polar surface area (TPSA) is 68.8 Å². The second kappa shape index (κ2) is 14.6. The number of amides is 1. The fourth-order valence-corrected chi connectivity index (χ4v) is 5.46. The molecule has 7 heteroatoms. The van der Waals surface area contributed by atoms with E-state index >= 15 is 0 Å². The Morgan fingerprint density at radius 2 is 1.24 bits per heavy atom. The summed E-state index contributed by atoms with van der Waals surface area (Å²) in [6.45, 7) is 3.39. The van der Waals surface area contributed by atoms with Crippen molar-refractivity contribution in [1.29, 1.82) is 0 Å². The zero-order valence-electron chi connectivity index (χ0n) is 21.1. The van der Waals surface area contributed by atoms with Crippen molar-refractivity contribution < 1.29 is 19.0 Å². The zero-order valence-corrected chi connectivity index (χ0v) is 23.3. The highest BCUT2D eigenvalue weighted by molar-refractivity contribution is 14.1. The summed E-state index contributed by atoms with van der Waals surface area (Å²) >= 11 is 2.36.